The van der Waals surface area contributed by atoms with Crippen LogP contribution < -0.4 is 14.8 Å². The second kappa shape index (κ2) is 7.14. The van der Waals surface area contributed by atoms with Gasteiger partial charge in [-0.25, -0.2) is 0 Å². The van der Waals surface area contributed by atoms with Gasteiger partial charge in [-0.2, -0.15) is 0 Å². The summed E-state index contributed by atoms with van der Waals surface area (Å²) in [4.78, 5) is 2.54. The Bertz CT molecular complexity index is 452. The van der Waals surface area contributed by atoms with Gasteiger partial charge in [0, 0.05) is 13.1 Å². The minimum atomic E-state index is 0.669. The molecule has 0 aromatic heterocycles. The molecular formula is C17H26N2O2. The lowest BCUT2D eigenvalue weighted by molar-refractivity contribution is 0.126. The second-order valence-electron chi connectivity index (χ2n) is 6.00. The van der Waals surface area contributed by atoms with Crippen LogP contribution in [0.2, 0.25) is 0 Å². The van der Waals surface area contributed by atoms with E-state index in [4.69, 9.17) is 9.47 Å². The van der Waals surface area contributed by atoms with Gasteiger partial charge in [-0.3, -0.25) is 4.90 Å². The Balaban J connectivity index is 1.46. The maximum absolute atomic E-state index is 5.92. The third kappa shape index (κ3) is 3.69. The van der Waals surface area contributed by atoms with E-state index in [2.05, 4.69) is 10.2 Å². The Kier molecular flexibility index (Phi) is 4.99. The van der Waals surface area contributed by atoms with Crippen molar-refractivity contribution < 1.29 is 9.47 Å². The number of fused-ring (bicyclic) bond motifs is 1. The average molecular weight is 290 g/mol. The van der Waals surface area contributed by atoms with E-state index >= 15 is 0 Å². The van der Waals surface area contributed by atoms with E-state index in [0.29, 0.717) is 6.61 Å². The van der Waals surface area contributed by atoms with Crippen molar-refractivity contribution in [3.63, 3.8) is 0 Å². The molecule has 1 N–H and O–H groups in total. The molecule has 0 radical (unpaired) electrons. The molecule has 0 amide bonds. The van der Waals surface area contributed by atoms with Gasteiger partial charge >= 0.3 is 0 Å². The summed E-state index contributed by atoms with van der Waals surface area (Å²) in [7, 11) is 0. The zero-order valence-corrected chi connectivity index (χ0v) is 12.9. The summed E-state index contributed by atoms with van der Waals surface area (Å²) in [6.45, 7) is 9.23. The fourth-order valence-electron chi connectivity index (χ4n) is 3.44. The standard InChI is InChI=1S/C17H26N2O2/c1-2-20-16-5-3-4-6-17(16)21-10-9-19-8-7-14-11-18-12-15(14)13-19/h3-6,14-15,18H,2,7-13H2,1H3. The van der Waals surface area contributed by atoms with E-state index in [1.165, 1.54) is 32.6 Å². The van der Waals surface area contributed by atoms with Gasteiger partial charge in [0.05, 0.1) is 6.61 Å². The van der Waals surface area contributed by atoms with E-state index in [1.54, 1.807) is 0 Å². The lowest BCUT2D eigenvalue weighted by Crippen LogP contribution is -2.41. The molecule has 0 spiro atoms. The van der Waals surface area contributed by atoms with E-state index in [1.807, 2.05) is 31.2 Å². The number of nitrogens with zero attached hydrogens (tertiary/aromatic N) is 1. The summed E-state index contributed by atoms with van der Waals surface area (Å²) in [5.74, 6) is 3.45. The van der Waals surface area contributed by atoms with Crippen molar-refractivity contribution in [1.82, 2.24) is 10.2 Å². The van der Waals surface area contributed by atoms with Crippen LogP contribution in [-0.4, -0.2) is 50.8 Å². The number of nitrogens with one attached hydrogen (secondary N) is 1. The van der Waals surface area contributed by atoms with Crippen LogP contribution in [0.15, 0.2) is 24.3 Å². The van der Waals surface area contributed by atoms with E-state index in [0.717, 1.165) is 36.5 Å². The van der Waals surface area contributed by atoms with E-state index < -0.39 is 0 Å². The van der Waals surface area contributed by atoms with Crippen molar-refractivity contribution in [2.45, 2.75) is 13.3 Å². The molecule has 0 aliphatic carbocycles. The molecule has 2 aliphatic rings. The average Bonchev–Trinajstić information content (AvgIpc) is 2.97. The maximum atomic E-state index is 5.92. The number of likely N-dealkylation sites (tertiary alicyclic amines) is 1. The summed E-state index contributed by atoms with van der Waals surface area (Å²) >= 11 is 0. The Labute approximate surface area is 127 Å². The highest BCUT2D eigenvalue weighted by Crippen LogP contribution is 2.28. The lowest BCUT2D eigenvalue weighted by atomic mass is 9.89. The first-order valence-electron chi connectivity index (χ1n) is 8.14. The van der Waals surface area contributed by atoms with Crippen molar-refractivity contribution in [3.05, 3.63) is 24.3 Å². The summed E-state index contributed by atoms with van der Waals surface area (Å²) in [5, 5.41) is 3.51. The van der Waals surface area contributed by atoms with Crippen LogP contribution >= 0.6 is 0 Å². The molecule has 2 saturated heterocycles. The molecule has 2 heterocycles. The van der Waals surface area contributed by atoms with E-state index in [9.17, 15) is 0 Å². The molecular weight excluding hydrogens is 264 g/mol. The third-order valence-corrected chi connectivity index (χ3v) is 4.60. The fraction of sp³-hybridized carbons (Fsp3) is 0.647. The Hall–Kier alpha value is -1.26. The molecule has 2 unspecified atom stereocenters. The summed E-state index contributed by atoms with van der Waals surface area (Å²) < 4.78 is 11.5. The Morgan fingerprint density at radius 2 is 1.90 bits per heavy atom. The van der Waals surface area contributed by atoms with Crippen molar-refractivity contribution >= 4 is 0 Å². The van der Waals surface area contributed by atoms with Crippen molar-refractivity contribution in [2.75, 3.05) is 45.9 Å². The molecule has 0 bridgehead atoms. The predicted molar refractivity (Wildman–Crippen MR) is 84.0 cm³/mol. The summed E-state index contributed by atoms with van der Waals surface area (Å²) in [6.07, 6.45) is 1.33. The molecule has 2 aliphatic heterocycles. The van der Waals surface area contributed by atoms with E-state index in [-0.39, 0.29) is 0 Å². The van der Waals surface area contributed by atoms with Gasteiger partial charge in [0.25, 0.3) is 0 Å². The first kappa shape index (κ1) is 14.7. The zero-order chi connectivity index (χ0) is 14.5. The molecule has 2 atom stereocenters. The normalized spacial score (nSPS) is 25.6. The van der Waals surface area contributed by atoms with Gasteiger partial charge < -0.3 is 14.8 Å². The van der Waals surface area contributed by atoms with Crippen LogP contribution in [0.3, 0.4) is 0 Å². The summed E-state index contributed by atoms with van der Waals surface area (Å²) in [5.41, 5.74) is 0. The number of hydrogen-bond acceptors (Lipinski definition) is 4. The van der Waals surface area contributed by atoms with Crippen LogP contribution in [-0.2, 0) is 0 Å². The van der Waals surface area contributed by atoms with Crippen LogP contribution in [0, 0.1) is 11.8 Å². The van der Waals surface area contributed by atoms with Crippen molar-refractivity contribution in [3.8, 4) is 11.5 Å². The lowest BCUT2D eigenvalue weighted by Gasteiger charge is -2.34. The first-order chi connectivity index (χ1) is 10.4. The largest absolute Gasteiger partial charge is 0.490 e. The smallest absolute Gasteiger partial charge is 0.161 e. The number of para-hydroxylation sites is 2. The van der Waals surface area contributed by atoms with Crippen LogP contribution in [0.1, 0.15) is 13.3 Å². The highest BCUT2D eigenvalue weighted by Gasteiger charge is 2.32. The quantitative estimate of drug-likeness (QED) is 0.869. The molecule has 1 aromatic carbocycles. The number of ether oxygens (including phenoxy) is 2. The molecule has 4 heteroatoms. The molecule has 21 heavy (non-hydrogen) atoms. The Morgan fingerprint density at radius 1 is 1.14 bits per heavy atom. The fourth-order valence-corrected chi connectivity index (χ4v) is 3.44. The molecule has 116 valence electrons. The number of piperidine rings is 1. The molecule has 3 rings (SSSR count). The van der Waals surface area contributed by atoms with Gasteiger partial charge in [-0.1, -0.05) is 12.1 Å². The minimum absolute atomic E-state index is 0.669. The van der Waals surface area contributed by atoms with Gasteiger partial charge in [0.2, 0.25) is 0 Å². The number of hydrogen-bond donors (Lipinski definition) is 1. The molecule has 4 nitrogen and oxygen atoms in total. The zero-order valence-electron chi connectivity index (χ0n) is 12.9. The van der Waals surface area contributed by atoms with Gasteiger partial charge in [-0.05, 0) is 56.9 Å². The monoisotopic (exact) mass is 290 g/mol. The van der Waals surface area contributed by atoms with Crippen molar-refractivity contribution in [1.29, 1.82) is 0 Å². The topological polar surface area (TPSA) is 33.7 Å². The second-order valence-corrected chi connectivity index (χ2v) is 6.00. The number of benzene rings is 1. The SMILES string of the molecule is CCOc1ccccc1OCCN1CCC2CNCC2C1. The van der Waals surface area contributed by atoms with Crippen LogP contribution in [0.4, 0.5) is 0 Å². The van der Waals surface area contributed by atoms with Crippen molar-refractivity contribution in [2.24, 2.45) is 11.8 Å². The van der Waals surface area contributed by atoms with Gasteiger partial charge in [-0.15, -0.1) is 0 Å². The maximum Gasteiger partial charge on any atom is 0.161 e. The third-order valence-electron chi connectivity index (χ3n) is 4.60. The van der Waals surface area contributed by atoms with Crippen LogP contribution in [0.25, 0.3) is 0 Å². The highest BCUT2D eigenvalue weighted by molar-refractivity contribution is 5.39. The summed E-state index contributed by atoms with van der Waals surface area (Å²) in [6, 6.07) is 7.93. The molecule has 2 fully saturated rings. The van der Waals surface area contributed by atoms with Crippen LogP contribution in [0.5, 0.6) is 11.5 Å². The molecule has 0 saturated carbocycles. The number of rotatable bonds is 6. The van der Waals surface area contributed by atoms with Gasteiger partial charge in [0.15, 0.2) is 11.5 Å². The minimum Gasteiger partial charge on any atom is -0.490 e. The first-order valence-corrected chi connectivity index (χ1v) is 8.14. The molecule has 1 aromatic rings. The Morgan fingerprint density at radius 3 is 2.71 bits per heavy atom. The highest BCUT2D eigenvalue weighted by atomic mass is 16.5. The predicted octanol–water partition coefficient (Wildman–Crippen LogP) is 2.01. The van der Waals surface area contributed by atoms with Gasteiger partial charge in [0.1, 0.15) is 6.61 Å².